The number of amides is 2. The maximum atomic E-state index is 13.2. The number of halogens is 3. The normalized spacial score (nSPS) is 21.2. The zero-order chi connectivity index (χ0) is 20.5. The van der Waals surface area contributed by atoms with Crippen LogP contribution in [0.5, 0.6) is 0 Å². The summed E-state index contributed by atoms with van der Waals surface area (Å²) in [4.78, 5) is 30.8. The summed E-state index contributed by atoms with van der Waals surface area (Å²) in [6, 6.07) is 10.5. The Bertz CT molecular complexity index is 930. The number of carbonyl (C=O) groups is 2. The highest BCUT2D eigenvalue weighted by atomic mass is 35.5. The third-order valence-electron chi connectivity index (χ3n) is 5.46. The highest BCUT2D eigenvalue weighted by Gasteiger charge is 2.43. The standard InChI is InChI=1S/C21H20Cl2FN3O2/c22-15-2-1-14(18(23)11-15)13-25-7-9-26(10-8-25)19-12-20(28)27(21(19)29)17-5-3-16(24)4-6-17/h1-6,11,19H,7-10,12-13H2/t19-/m1/s1. The number of hydrogen-bond donors (Lipinski definition) is 0. The third kappa shape index (κ3) is 4.31. The molecule has 0 radical (unpaired) electrons. The van der Waals surface area contributed by atoms with Gasteiger partial charge >= 0.3 is 0 Å². The average molecular weight is 436 g/mol. The number of nitrogens with zero attached hydrogens (tertiary/aromatic N) is 3. The molecule has 2 amide bonds. The molecular formula is C21H20Cl2FN3O2. The predicted molar refractivity (Wildman–Crippen MR) is 111 cm³/mol. The van der Waals surface area contributed by atoms with Gasteiger partial charge in [-0.15, -0.1) is 0 Å². The molecule has 2 aliphatic rings. The van der Waals surface area contributed by atoms with Crippen molar-refractivity contribution in [3.05, 3.63) is 63.9 Å². The summed E-state index contributed by atoms with van der Waals surface area (Å²) < 4.78 is 13.2. The van der Waals surface area contributed by atoms with Crippen molar-refractivity contribution in [2.75, 3.05) is 31.1 Å². The van der Waals surface area contributed by atoms with Gasteiger partial charge < -0.3 is 0 Å². The van der Waals surface area contributed by atoms with Crippen molar-refractivity contribution in [1.29, 1.82) is 0 Å². The van der Waals surface area contributed by atoms with Crippen LogP contribution in [-0.2, 0) is 16.1 Å². The van der Waals surface area contributed by atoms with Crippen LogP contribution in [0.15, 0.2) is 42.5 Å². The molecule has 2 aliphatic heterocycles. The summed E-state index contributed by atoms with van der Waals surface area (Å²) in [5.74, 6) is -0.890. The molecule has 4 rings (SSSR count). The van der Waals surface area contributed by atoms with E-state index in [0.717, 1.165) is 18.7 Å². The van der Waals surface area contributed by atoms with Crippen molar-refractivity contribution in [1.82, 2.24) is 9.80 Å². The first-order valence-corrected chi connectivity index (χ1v) is 10.2. The molecule has 152 valence electrons. The molecule has 0 aliphatic carbocycles. The summed E-state index contributed by atoms with van der Waals surface area (Å²) in [5.41, 5.74) is 1.43. The fourth-order valence-electron chi connectivity index (χ4n) is 3.89. The van der Waals surface area contributed by atoms with Crippen LogP contribution in [0.2, 0.25) is 10.0 Å². The lowest BCUT2D eigenvalue weighted by molar-refractivity contribution is -0.123. The molecule has 2 heterocycles. The second-order valence-electron chi connectivity index (χ2n) is 7.31. The van der Waals surface area contributed by atoms with Gasteiger partial charge in [0.1, 0.15) is 5.82 Å². The predicted octanol–water partition coefficient (Wildman–Crippen LogP) is 3.58. The number of imide groups is 1. The van der Waals surface area contributed by atoms with E-state index in [1.54, 1.807) is 6.07 Å². The fraction of sp³-hybridized carbons (Fsp3) is 0.333. The molecule has 2 fully saturated rings. The molecule has 8 heteroatoms. The Balaban J connectivity index is 1.38. The second kappa shape index (κ2) is 8.40. The molecule has 0 spiro atoms. The first kappa shape index (κ1) is 20.3. The Morgan fingerprint density at radius 3 is 2.31 bits per heavy atom. The van der Waals surface area contributed by atoms with Gasteiger partial charge in [0.05, 0.1) is 18.2 Å². The quantitative estimate of drug-likeness (QED) is 0.688. The molecule has 0 unspecified atom stereocenters. The minimum Gasteiger partial charge on any atom is -0.296 e. The van der Waals surface area contributed by atoms with E-state index in [2.05, 4.69) is 9.80 Å². The van der Waals surface area contributed by atoms with Gasteiger partial charge in [-0.1, -0.05) is 29.3 Å². The summed E-state index contributed by atoms with van der Waals surface area (Å²) in [7, 11) is 0. The minimum atomic E-state index is -0.464. The third-order valence-corrected chi connectivity index (χ3v) is 6.05. The van der Waals surface area contributed by atoms with Crippen LogP contribution in [0.1, 0.15) is 12.0 Å². The number of rotatable bonds is 4. The van der Waals surface area contributed by atoms with E-state index in [1.165, 1.54) is 29.2 Å². The Labute approximate surface area is 178 Å². The first-order chi connectivity index (χ1) is 13.9. The summed E-state index contributed by atoms with van der Waals surface area (Å²) >= 11 is 12.2. The number of piperazine rings is 1. The fourth-order valence-corrected chi connectivity index (χ4v) is 4.35. The highest BCUT2D eigenvalue weighted by molar-refractivity contribution is 6.35. The Morgan fingerprint density at radius 1 is 0.966 bits per heavy atom. The van der Waals surface area contributed by atoms with Gasteiger partial charge in [-0.05, 0) is 42.0 Å². The maximum absolute atomic E-state index is 13.2. The molecule has 5 nitrogen and oxygen atoms in total. The SMILES string of the molecule is O=C1C[C@@H](N2CCN(Cc3ccc(Cl)cc3Cl)CC2)C(=O)N1c1ccc(F)cc1. The minimum absolute atomic E-state index is 0.152. The van der Waals surface area contributed by atoms with E-state index in [4.69, 9.17) is 23.2 Å². The van der Waals surface area contributed by atoms with Gasteiger partial charge in [-0.3, -0.25) is 19.4 Å². The van der Waals surface area contributed by atoms with E-state index in [9.17, 15) is 14.0 Å². The van der Waals surface area contributed by atoms with Crippen LogP contribution in [0.3, 0.4) is 0 Å². The molecule has 0 N–H and O–H groups in total. The zero-order valence-corrected chi connectivity index (χ0v) is 17.2. The highest BCUT2D eigenvalue weighted by Crippen LogP contribution is 2.27. The van der Waals surface area contributed by atoms with E-state index in [0.29, 0.717) is 35.4 Å². The van der Waals surface area contributed by atoms with E-state index < -0.39 is 11.9 Å². The lowest BCUT2D eigenvalue weighted by Crippen LogP contribution is -2.52. The second-order valence-corrected chi connectivity index (χ2v) is 8.16. The molecule has 1 atom stereocenters. The van der Waals surface area contributed by atoms with Gasteiger partial charge in [0.25, 0.3) is 5.91 Å². The van der Waals surface area contributed by atoms with Crippen LogP contribution >= 0.6 is 23.2 Å². The van der Waals surface area contributed by atoms with E-state index in [1.807, 2.05) is 12.1 Å². The van der Waals surface area contributed by atoms with Crippen LogP contribution in [0.25, 0.3) is 0 Å². The molecule has 2 saturated heterocycles. The van der Waals surface area contributed by atoms with Crippen molar-refractivity contribution < 1.29 is 14.0 Å². The lowest BCUT2D eigenvalue weighted by Gasteiger charge is -2.37. The molecule has 0 saturated carbocycles. The first-order valence-electron chi connectivity index (χ1n) is 9.45. The van der Waals surface area contributed by atoms with Gasteiger partial charge in [0, 0.05) is 42.8 Å². The molecule has 0 bridgehead atoms. The smallest absolute Gasteiger partial charge is 0.251 e. The number of benzene rings is 2. The van der Waals surface area contributed by atoms with Crippen molar-refractivity contribution in [2.45, 2.75) is 19.0 Å². The lowest BCUT2D eigenvalue weighted by atomic mass is 10.1. The van der Waals surface area contributed by atoms with Gasteiger partial charge in [-0.25, -0.2) is 9.29 Å². The van der Waals surface area contributed by atoms with Crippen molar-refractivity contribution in [3.8, 4) is 0 Å². The average Bonchev–Trinajstić information content (AvgIpc) is 3.00. The topological polar surface area (TPSA) is 43.9 Å². The molecule has 0 aromatic heterocycles. The Hall–Kier alpha value is -1.99. The molecule has 29 heavy (non-hydrogen) atoms. The Morgan fingerprint density at radius 2 is 1.66 bits per heavy atom. The summed E-state index contributed by atoms with van der Waals surface area (Å²) in [6.07, 6.45) is 0.152. The monoisotopic (exact) mass is 435 g/mol. The zero-order valence-electron chi connectivity index (χ0n) is 15.7. The maximum Gasteiger partial charge on any atom is 0.251 e. The summed E-state index contributed by atoms with van der Waals surface area (Å²) in [6.45, 7) is 3.63. The van der Waals surface area contributed by atoms with Gasteiger partial charge in [0.15, 0.2) is 0 Å². The van der Waals surface area contributed by atoms with Crippen molar-refractivity contribution in [3.63, 3.8) is 0 Å². The van der Waals surface area contributed by atoms with Crippen LogP contribution in [-0.4, -0.2) is 53.8 Å². The summed E-state index contributed by atoms with van der Waals surface area (Å²) in [5, 5.41) is 1.25. The van der Waals surface area contributed by atoms with Crippen LogP contribution in [0, 0.1) is 5.82 Å². The molecule has 2 aromatic carbocycles. The van der Waals surface area contributed by atoms with E-state index >= 15 is 0 Å². The number of hydrogen-bond acceptors (Lipinski definition) is 4. The van der Waals surface area contributed by atoms with Gasteiger partial charge in [-0.2, -0.15) is 0 Å². The Kier molecular flexibility index (Phi) is 5.88. The number of anilines is 1. The van der Waals surface area contributed by atoms with Crippen LogP contribution < -0.4 is 4.90 Å². The van der Waals surface area contributed by atoms with Crippen LogP contribution in [0.4, 0.5) is 10.1 Å². The number of carbonyl (C=O) groups excluding carboxylic acids is 2. The van der Waals surface area contributed by atoms with Gasteiger partial charge in [0.2, 0.25) is 5.91 Å². The van der Waals surface area contributed by atoms with Crippen molar-refractivity contribution in [2.24, 2.45) is 0 Å². The van der Waals surface area contributed by atoms with E-state index in [-0.39, 0.29) is 18.2 Å². The molecule has 2 aromatic rings. The molecular weight excluding hydrogens is 416 g/mol. The largest absolute Gasteiger partial charge is 0.296 e. The van der Waals surface area contributed by atoms with Crippen molar-refractivity contribution >= 4 is 40.7 Å².